The van der Waals surface area contributed by atoms with Gasteiger partial charge >= 0.3 is 6.36 Å². The third kappa shape index (κ3) is 5.68. The molecule has 7 heteroatoms. The standard InChI is InChI=1S/C15H19BrF3NO2/c1-11-3-2-6-20(10-11)7-8-21-12-4-5-13(16)14(9-12)22-15(17,18)19/h4-5,9,11H,2-3,6-8,10H2,1H3. The molecular weight excluding hydrogens is 363 g/mol. The molecule has 2 rings (SSSR count). The molecule has 0 aliphatic carbocycles. The van der Waals surface area contributed by atoms with E-state index in [2.05, 4.69) is 32.5 Å². The normalized spacial score (nSPS) is 20.0. The Balaban J connectivity index is 1.86. The summed E-state index contributed by atoms with van der Waals surface area (Å²) in [5.74, 6) is 0.761. The van der Waals surface area contributed by atoms with Crippen LogP contribution in [0.2, 0.25) is 0 Å². The molecule has 1 saturated heterocycles. The van der Waals surface area contributed by atoms with E-state index < -0.39 is 6.36 Å². The van der Waals surface area contributed by atoms with Crippen LogP contribution in [0.3, 0.4) is 0 Å². The Kier molecular flexibility index (Phi) is 5.97. The molecule has 1 aromatic carbocycles. The van der Waals surface area contributed by atoms with Crippen molar-refractivity contribution in [1.29, 1.82) is 0 Å². The first-order chi connectivity index (χ1) is 10.3. The van der Waals surface area contributed by atoms with Crippen molar-refractivity contribution >= 4 is 15.9 Å². The zero-order chi connectivity index (χ0) is 16.2. The van der Waals surface area contributed by atoms with Crippen molar-refractivity contribution in [2.75, 3.05) is 26.2 Å². The summed E-state index contributed by atoms with van der Waals surface area (Å²) < 4.78 is 46.6. The predicted molar refractivity (Wildman–Crippen MR) is 81.2 cm³/mol. The van der Waals surface area contributed by atoms with Crippen LogP contribution in [0.15, 0.2) is 22.7 Å². The highest BCUT2D eigenvalue weighted by Gasteiger charge is 2.32. The highest BCUT2D eigenvalue weighted by atomic mass is 79.9. The van der Waals surface area contributed by atoms with Crippen molar-refractivity contribution in [3.8, 4) is 11.5 Å². The fourth-order valence-electron chi connectivity index (χ4n) is 2.56. The molecule has 0 radical (unpaired) electrons. The number of piperidine rings is 1. The van der Waals surface area contributed by atoms with E-state index in [9.17, 15) is 13.2 Å². The molecule has 0 N–H and O–H groups in total. The monoisotopic (exact) mass is 381 g/mol. The second-order valence-corrected chi connectivity index (χ2v) is 6.39. The van der Waals surface area contributed by atoms with E-state index in [1.807, 2.05) is 0 Å². The molecule has 1 aromatic rings. The number of nitrogens with zero attached hydrogens (tertiary/aromatic N) is 1. The largest absolute Gasteiger partial charge is 0.573 e. The maximum absolute atomic E-state index is 12.3. The average Bonchev–Trinajstić information content (AvgIpc) is 2.41. The summed E-state index contributed by atoms with van der Waals surface area (Å²) in [6.45, 7) is 5.54. The van der Waals surface area contributed by atoms with Gasteiger partial charge in [-0.25, -0.2) is 0 Å². The van der Waals surface area contributed by atoms with Gasteiger partial charge in [0.05, 0.1) is 4.47 Å². The second kappa shape index (κ2) is 7.55. The zero-order valence-electron chi connectivity index (χ0n) is 12.3. The first-order valence-electron chi connectivity index (χ1n) is 7.24. The maximum atomic E-state index is 12.3. The highest BCUT2D eigenvalue weighted by Crippen LogP contribution is 2.33. The molecule has 1 unspecified atom stereocenters. The highest BCUT2D eigenvalue weighted by molar-refractivity contribution is 9.10. The SMILES string of the molecule is CC1CCCN(CCOc2ccc(Br)c(OC(F)(F)F)c2)C1. The van der Waals surface area contributed by atoms with Gasteiger partial charge in [0.25, 0.3) is 0 Å². The lowest BCUT2D eigenvalue weighted by molar-refractivity contribution is -0.274. The summed E-state index contributed by atoms with van der Waals surface area (Å²) in [4.78, 5) is 2.32. The fourth-order valence-corrected chi connectivity index (χ4v) is 2.89. The van der Waals surface area contributed by atoms with Crippen LogP contribution in [0, 0.1) is 5.92 Å². The Morgan fingerprint density at radius 3 is 2.82 bits per heavy atom. The van der Waals surface area contributed by atoms with Crippen LogP contribution < -0.4 is 9.47 Å². The molecule has 3 nitrogen and oxygen atoms in total. The number of halogens is 4. The van der Waals surface area contributed by atoms with Crippen LogP contribution in [0.4, 0.5) is 13.2 Å². The van der Waals surface area contributed by atoms with Gasteiger partial charge in [0.15, 0.2) is 0 Å². The van der Waals surface area contributed by atoms with Gasteiger partial charge in [-0.05, 0) is 53.4 Å². The Bertz CT molecular complexity index is 496. The summed E-state index contributed by atoms with van der Waals surface area (Å²) in [6.07, 6.45) is -2.28. The Hall–Kier alpha value is -0.950. The van der Waals surface area contributed by atoms with E-state index in [1.165, 1.54) is 25.0 Å². The molecule has 1 atom stereocenters. The summed E-state index contributed by atoms with van der Waals surface area (Å²) >= 11 is 3.03. The fraction of sp³-hybridized carbons (Fsp3) is 0.600. The van der Waals surface area contributed by atoms with E-state index in [4.69, 9.17) is 4.74 Å². The number of rotatable bonds is 5. The third-order valence-corrected chi connectivity index (χ3v) is 4.20. The van der Waals surface area contributed by atoms with Gasteiger partial charge in [0.2, 0.25) is 0 Å². The summed E-state index contributed by atoms with van der Waals surface area (Å²) in [6, 6.07) is 4.35. The molecule has 22 heavy (non-hydrogen) atoms. The lowest BCUT2D eigenvalue weighted by Gasteiger charge is -2.30. The maximum Gasteiger partial charge on any atom is 0.573 e. The van der Waals surface area contributed by atoms with E-state index in [0.29, 0.717) is 18.3 Å². The third-order valence-electron chi connectivity index (χ3n) is 3.55. The number of likely N-dealkylation sites (tertiary alicyclic amines) is 1. The number of ether oxygens (including phenoxy) is 2. The molecule has 1 aliphatic rings. The summed E-state index contributed by atoms with van der Waals surface area (Å²) in [7, 11) is 0. The predicted octanol–water partition coefficient (Wildman–Crippen LogP) is 4.46. The van der Waals surface area contributed by atoms with E-state index in [1.54, 1.807) is 6.07 Å². The molecule has 1 heterocycles. The number of alkyl halides is 3. The van der Waals surface area contributed by atoms with Crippen molar-refractivity contribution in [2.45, 2.75) is 26.1 Å². The summed E-state index contributed by atoms with van der Waals surface area (Å²) in [5.41, 5.74) is 0. The van der Waals surface area contributed by atoms with Gasteiger partial charge in [-0.3, -0.25) is 4.90 Å². The Morgan fingerprint density at radius 2 is 2.14 bits per heavy atom. The van der Waals surface area contributed by atoms with Crippen LogP contribution in [0.25, 0.3) is 0 Å². The lowest BCUT2D eigenvalue weighted by Crippen LogP contribution is -2.37. The molecule has 0 spiro atoms. The van der Waals surface area contributed by atoms with Gasteiger partial charge in [-0.1, -0.05) is 6.92 Å². The Labute approximate surface area is 136 Å². The van der Waals surface area contributed by atoms with E-state index >= 15 is 0 Å². The minimum absolute atomic E-state index is 0.238. The number of hydrogen-bond acceptors (Lipinski definition) is 3. The quantitative estimate of drug-likeness (QED) is 0.751. The van der Waals surface area contributed by atoms with Crippen LogP contribution in [-0.4, -0.2) is 37.5 Å². The van der Waals surface area contributed by atoms with Crippen molar-refractivity contribution in [3.63, 3.8) is 0 Å². The van der Waals surface area contributed by atoms with E-state index in [0.717, 1.165) is 19.6 Å². The molecule has 1 fully saturated rings. The lowest BCUT2D eigenvalue weighted by atomic mass is 10.0. The topological polar surface area (TPSA) is 21.7 Å². The van der Waals surface area contributed by atoms with Gasteiger partial charge in [-0.15, -0.1) is 13.2 Å². The first kappa shape index (κ1) is 17.4. The zero-order valence-corrected chi connectivity index (χ0v) is 13.9. The van der Waals surface area contributed by atoms with Crippen LogP contribution in [0.1, 0.15) is 19.8 Å². The molecule has 0 saturated carbocycles. The molecular formula is C15H19BrF3NO2. The van der Waals surface area contributed by atoms with Crippen molar-refractivity contribution < 1.29 is 22.6 Å². The number of benzene rings is 1. The first-order valence-corrected chi connectivity index (χ1v) is 8.03. The van der Waals surface area contributed by atoms with Gasteiger partial charge in [-0.2, -0.15) is 0 Å². The molecule has 0 amide bonds. The van der Waals surface area contributed by atoms with Crippen molar-refractivity contribution in [1.82, 2.24) is 4.90 Å². The van der Waals surface area contributed by atoms with Crippen molar-refractivity contribution in [3.05, 3.63) is 22.7 Å². The molecule has 0 aromatic heterocycles. The molecule has 124 valence electrons. The number of hydrogen-bond donors (Lipinski definition) is 0. The average molecular weight is 382 g/mol. The van der Waals surface area contributed by atoms with Crippen LogP contribution >= 0.6 is 15.9 Å². The summed E-state index contributed by atoms with van der Waals surface area (Å²) in [5, 5.41) is 0. The molecule has 0 bridgehead atoms. The minimum Gasteiger partial charge on any atom is -0.492 e. The smallest absolute Gasteiger partial charge is 0.492 e. The van der Waals surface area contributed by atoms with Gasteiger partial charge in [0, 0.05) is 19.2 Å². The van der Waals surface area contributed by atoms with Crippen LogP contribution in [0.5, 0.6) is 11.5 Å². The minimum atomic E-state index is -4.72. The van der Waals surface area contributed by atoms with Crippen molar-refractivity contribution in [2.24, 2.45) is 5.92 Å². The Morgan fingerprint density at radius 1 is 1.36 bits per heavy atom. The van der Waals surface area contributed by atoms with Crippen LogP contribution in [-0.2, 0) is 0 Å². The van der Waals surface area contributed by atoms with Gasteiger partial charge < -0.3 is 9.47 Å². The van der Waals surface area contributed by atoms with Gasteiger partial charge in [0.1, 0.15) is 18.1 Å². The molecule has 1 aliphatic heterocycles. The van der Waals surface area contributed by atoms with E-state index in [-0.39, 0.29) is 10.2 Å². The second-order valence-electron chi connectivity index (χ2n) is 5.54.